The van der Waals surface area contributed by atoms with Crippen LogP contribution in [0, 0.1) is 18.4 Å². The fraction of sp³-hybridized carbons (Fsp3) is 0.565. The van der Waals surface area contributed by atoms with Crippen LogP contribution in [-0.2, 0) is 14.8 Å². The van der Waals surface area contributed by atoms with Crippen molar-refractivity contribution < 1.29 is 13.2 Å². The Morgan fingerprint density at radius 1 is 1.21 bits per heavy atom. The molecule has 0 aromatic heterocycles. The standard InChI is InChI=1S/C23H37NO3SSi/c1-8-10-11-18-27-23(9-2)24(21(4)13-12-19-29(5,6)7)28(25,26)22-16-14-20(3)15-17-22/h9,14-17,21,23H,2,8,10-11,13,18H2,1,3-7H3/t21-,23-/m1/s1. The van der Waals surface area contributed by atoms with Crippen molar-refractivity contribution in [3.8, 4) is 11.5 Å². The first-order chi connectivity index (χ1) is 13.5. The van der Waals surface area contributed by atoms with Crippen LogP contribution in [-0.4, -0.2) is 39.7 Å². The third kappa shape index (κ3) is 8.47. The molecule has 0 unspecified atom stereocenters. The molecule has 1 aromatic rings. The fourth-order valence-corrected chi connectivity index (χ4v) is 5.14. The number of hydrogen-bond acceptors (Lipinski definition) is 3. The predicted octanol–water partition coefficient (Wildman–Crippen LogP) is 5.36. The van der Waals surface area contributed by atoms with Gasteiger partial charge in [-0.3, -0.25) is 0 Å². The minimum atomic E-state index is -3.76. The molecule has 4 nitrogen and oxygen atoms in total. The summed E-state index contributed by atoms with van der Waals surface area (Å²) in [4.78, 5) is 0.261. The summed E-state index contributed by atoms with van der Waals surface area (Å²) in [6.45, 7) is 16.8. The van der Waals surface area contributed by atoms with E-state index in [4.69, 9.17) is 4.74 Å². The van der Waals surface area contributed by atoms with Gasteiger partial charge in [0.1, 0.15) is 14.3 Å². The Hall–Kier alpha value is -1.39. The van der Waals surface area contributed by atoms with Gasteiger partial charge in [-0.15, -0.1) is 11.5 Å². The van der Waals surface area contributed by atoms with Gasteiger partial charge in [0.2, 0.25) is 10.0 Å². The normalized spacial score (nSPS) is 14.2. The maximum Gasteiger partial charge on any atom is 0.245 e. The first-order valence-corrected chi connectivity index (χ1v) is 15.3. The minimum Gasteiger partial charge on any atom is -0.358 e. The average molecular weight is 436 g/mol. The van der Waals surface area contributed by atoms with E-state index < -0.39 is 24.3 Å². The first-order valence-electron chi connectivity index (χ1n) is 10.4. The van der Waals surface area contributed by atoms with Crippen molar-refractivity contribution in [1.29, 1.82) is 0 Å². The van der Waals surface area contributed by atoms with E-state index in [9.17, 15) is 8.42 Å². The number of sulfonamides is 1. The van der Waals surface area contributed by atoms with Gasteiger partial charge in [-0.2, -0.15) is 4.31 Å². The number of rotatable bonds is 11. The Kier molecular flexibility index (Phi) is 10.4. The summed E-state index contributed by atoms with van der Waals surface area (Å²) in [5, 5.41) is 0. The number of benzene rings is 1. The molecule has 0 heterocycles. The Bertz CT molecular complexity index is 801. The molecule has 0 amide bonds. The van der Waals surface area contributed by atoms with Gasteiger partial charge in [-0.1, -0.05) is 63.7 Å². The molecule has 0 aliphatic rings. The van der Waals surface area contributed by atoms with Crippen molar-refractivity contribution >= 4 is 18.1 Å². The molecular formula is C23H37NO3SSi. The molecule has 0 N–H and O–H groups in total. The molecule has 0 bridgehead atoms. The summed E-state index contributed by atoms with van der Waals surface area (Å²) in [5.41, 5.74) is 4.34. The summed E-state index contributed by atoms with van der Waals surface area (Å²) < 4.78 is 34.4. The van der Waals surface area contributed by atoms with Gasteiger partial charge in [0, 0.05) is 19.1 Å². The van der Waals surface area contributed by atoms with Crippen LogP contribution in [0.2, 0.25) is 19.6 Å². The van der Waals surface area contributed by atoms with Crippen LogP contribution in [0.3, 0.4) is 0 Å². The number of ether oxygens (including phenoxy) is 1. The molecular weight excluding hydrogens is 398 g/mol. The monoisotopic (exact) mass is 435 g/mol. The lowest BCUT2D eigenvalue weighted by atomic mass is 10.2. The highest BCUT2D eigenvalue weighted by Crippen LogP contribution is 2.24. The van der Waals surface area contributed by atoms with Crippen molar-refractivity contribution in [3.05, 3.63) is 42.5 Å². The third-order valence-electron chi connectivity index (χ3n) is 4.38. The largest absolute Gasteiger partial charge is 0.358 e. The number of hydrogen-bond donors (Lipinski definition) is 0. The quantitative estimate of drug-likeness (QED) is 0.154. The van der Waals surface area contributed by atoms with E-state index in [1.807, 2.05) is 26.0 Å². The lowest BCUT2D eigenvalue weighted by molar-refractivity contribution is -0.000422. The number of aryl methyl sites for hydroxylation is 1. The second-order valence-electron chi connectivity index (χ2n) is 8.46. The van der Waals surface area contributed by atoms with E-state index in [1.54, 1.807) is 18.2 Å². The zero-order valence-corrected chi connectivity index (χ0v) is 20.7. The van der Waals surface area contributed by atoms with E-state index in [0.717, 1.165) is 24.8 Å². The SMILES string of the molecule is C=C[C@@H](OCCCCC)N([C@H](C)CC#C[Si](C)(C)C)S(=O)(=O)c1ccc(C)cc1. The van der Waals surface area contributed by atoms with E-state index in [1.165, 1.54) is 4.31 Å². The molecule has 1 rings (SSSR count). The zero-order valence-electron chi connectivity index (χ0n) is 18.9. The second kappa shape index (κ2) is 11.7. The molecule has 0 saturated heterocycles. The maximum atomic E-state index is 13.5. The molecule has 0 fully saturated rings. The van der Waals surface area contributed by atoms with Gasteiger partial charge in [-0.25, -0.2) is 8.42 Å². The molecule has 0 aliphatic heterocycles. The van der Waals surface area contributed by atoms with Gasteiger partial charge in [0.05, 0.1) is 4.90 Å². The summed E-state index contributed by atoms with van der Waals surface area (Å²) >= 11 is 0. The molecule has 2 atom stereocenters. The molecule has 1 aromatic carbocycles. The Balaban J connectivity index is 3.22. The molecule has 162 valence electrons. The Morgan fingerprint density at radius 3 is 2.34 bits per heavy atom. The van der Waals surface area contributed by atoms with Gasteiger partial charge >= 0.3 is 0 Å². The van der Waals surface area contributed by atoms with Crippen LogP contribution in [0.1, 0.15) is 45.1 Å². The highest BCUT2D eigenvalue weighted by Gasteiger charge is 2.34. The van der Waals surface area contributed by atoms with Crippen LogP contribution >= 0.6 is 0 Å². The highest BCUT2D eigenvalue weighted by atomic mass is 32.2. The smallest absolute Gasteiger partial charge is 0.245 e. The fourth-order valence-electron chi connectivity index (χ4n) is 2.81. The maximum absolute atomic E-state index is 13.5. The van der Waals surface area contributed by atoms with Crippen molar-refractivity contribution in [1.82, 2.24) is 4.31 Å². The van der Waals surface area contributed by atoms with Gasteiger partial charge in [0.15, 0.2) is 0 Å². The molecule has 29 heavy (non-hydrogen) atoms. The number of unbranched alkanes of at least 4 members (excludes halogenated alkanes) is 2. The van der Waals surface area contributed by atoms with Crippen molar-refractivity contribution in [2.24, 2.45) is 0 Å². The summed E-state index contributed by atoms with van der Waals surface area (Å²) in [6, 6.07) is 6.58. The van der Waals surface area contributed by atoms with Crippen LogP contribution in [0.5, 0.6) is 0 Å². The van der Waals surface area contributed by atoms with E-state index in [-0.39, 0.29) is 10.9 Å². The zero-order chi connectivity index (χ0) is 22.1. The summed E-state index contributed by atoms with van der Waals surface area (Å²) in [6.07, 6.45) is 4.32. The molecule has 0 radical (unpaired) electrons. The predicted molar refractivity (Wildman–Crippen MR) is 125 cm³/mol. The van der Waals surface area contributed by atoms with Crippen molar-refractivity contribution in [3.63, 3.8) is 0 Å². The molecule has 0 spiro atoms. The molecule has 0 saturated carbocycles. The minimum absolute atomic E-state index is 0.261. The van der Waals surface area contributed by atoms with E-state index in [2.05, 4.69) is 44.6 Å². The van der Waals surface area contributed by atoms with Crippen molar-refractivity contribution in [2.45, 2.75) is 83.3 Å². The second-order valence-corrected chi connectivity index (χ2v) is 15.1. The Morgan fingerprint density at radius 2 is 1.83 bits per heavy atom. The number of nitrogens with zero attached hydrogens (tertiary/aromatic N) is 1. The third-order valence-corrected chi connectivity index (χ3v) is 7.30. The lowest BCUT2D eigenvalue weighted by Gasteiger charge is -2.33. The molecule has 0 aliphatic carbocycles. The highest BCUT2D eigenvalue weighted by molar-refractivity contribution is 7.89. The Labute approximate surface area is 179 Å². The summed E-state index contributed by atoms with van der Waals surface area (Å²) in [7, 11) is -5.28. The van der Waals surface area contributed by atoms with E-state index in [0.29, 0.717) is 13.0 Å². The van der Waals surface area contributed by atoms with Crippen LogP contribution in [0.25, 0.3) is 0 Å². The van der Waals surface area contributed by atoms with Crippen LogP contribution in [0.4, 0.5) is 0 Å². The summed E-state index contributed by atoms with van der Waals surface area (Å²) in [5.74, 6) is 3.21. The van der Waals surface area contributed by atoms with Gasteiger partial charge < -0.3 is 4.74 Å². The molecule has 6 heteroatoms. The van der Waals surface area contributed by atoms with Gasteiger partial charge in [0.25, 0.3) is 0 Å². The first kappa shape index (κ1) is 25.6. The topological polar surface area (TPSA) is 46.6 Å². The van der Waals surface area contributed by atoms with Gasteiger partial charge in [-0.05, 0) is 38.5 Å². The van der Waals surface area contributed by atoms with Crippen LogP contribution in [0.15, 0.2) is 41.8 Å². The lowest BCUT2D eigenvalue weighted by Crippen LogP contribution is -2.46. The van der Waals surface area contributed by atoms with E-state index >= 15 is 0 Å². The van der Waals surface area contributed by atoms with Crippen LogP contribution < -0.4 is 0 Å². The van der Waals surface area contributed by atoms with Crippen molar-refractivity contribution in [2.75, 3.05) is 6.61 Å². The average Bonchev–Trinajstić information content (AvgIpc) is 2.63.